The minimum atomic E-state index is -0.758. The van der Waals surface area contributed by atoms with E-state index in [2.05, 4.69) is 6.58 Å². The van der Waals surface area contributed by atoms with E-state index in [0.29, 0.717) is 32.3 Å². The van der Waals surface area contributed by atoms with Gasteiger partial charge in [0.25, 0.3) is 0 Å². The van der Waals surface area contributed by atoms with Gasteiger partial charge < -0.3 is 24.1 Å². The molecule has 2 aliphatic heterocycles. The summed E-state index contributed by atoms with van der Waals surface area (Å²) in [4.78, 5) is 0. The van der Waals surface area contributed by atoms with Crippen LogP contribution in [0.5, 0.6) is 0 Å². The van der Waals surface area contributed by atoms with E-state index >= 15 is 0 Å². The zero-order chi connectivity index (χ0) is 16.7. The largest absolute Gasteiger partial charge is 0.392 e. The lowest BCUT2D eigenvalue weighted by molar-refractivity contribution is -0.257. The van der Waals surface area contributed by atoms with Crippen LogP contribution in [0.15, 0.2) is 12.2 Å². The molecule has 23 heavy (non-hydrogen) atoms. The van der Waals surface area contributed by atoms with E-state index in [1.165, 1.54) is 0 Å². The molecular weight excluding hydrogens is 296 g/mol. The minimum absolute atomic E-state index is 0.299. The highest BCUT2D eigenvalue weighted by Crippen LogP contribution is 2.57. The number of aliphatic hydroxyl groups excluding tert-OH is 1. The molecule has 0 bridgehead atoms. The van der Waals surface area contributed by atoms with Gasteiger partial charge in [-0.2, -0.15) is 0 Å². The Hall–Kier alpha value is -0.460. The molecule has 0 aromatic heterocycles. The molecule has 3 fully saturated rings. The first-order valence-electron chi connectivity index (χ1n) is 8.70. The molecule has 0 amide bonds. The van der Waals surface area contributed by atoms with E-state index in [1.807, 2.05) is 20.8 Å². The highest BCUT2D eigenvalue weighted by Gasteiger charge is 2.61. The Bertz CT molecular complexity index is 450. The van der Waals surface area contributed by atoms with E-state index in [9.17, 15) is 5.11 Å². The SMILES string of the molecule is C=C(C)[C@@H]1C[C@@H](O)[C@](CCC2(C)OCCO2)(C2(C)OCCO2)C1. The number of hydrogen-bond donors (Lipinski definition) is 1. The predicted molar refractivity (Wildman–Crippen MR) is 85.8 cm³/mol. The number of ether oxygens (including phenoxy) is 4. The van der Waals surface area contributed by atoms with Crippen molar-refractivity contribution in [3.8, 4) is 0 Å². The third-order valence-electron chi connectivity index (χ3n) is 6.12. The Morgan fingerprint density at radius 1 is 1.04 bits per heavy atom. The van der Waals surface area contributed by atoms with E-state index in [-0.39, 0.29) is 0 Å². The summed E-state index contributed by atoms with van der Waals surface area (Å²) in [6.07, 6.45) is 2.53. The first-order chi connectivity index (χ1) is 10.8. The summed E-state index contributed by atoms with van der Waals surface area (Å²) >= 11 is 0. The van der Waals surface area contributed by atoms with E-state index in [4.69, 9.17) is 18.9 Å². The highest BCUT2D eigenvalue weighted by molar-refractivity contribution is 5.12. The molecule has 0 radical (unpaired) electrons. The van der Waals surface area contributed by atoms with Gasteiger partial charge in [0.15, 0.2) is 11.6 Å². The summed E-state index contributed by atoms with van der Waals surface area (Å²) < 4.78 is 23.5. The normalized spacial score (nSPS) is 39.0. The third-order valence-corrected chi connectivity index (χ3v) is 6.12. The Balaban J connectivity index is 1.83. The lowest BCUT2D eigenvalue weighted by Crippen LogP contribution is -2.52. The van der Waals surface area contributed by atoms with Gasteiger partial charge >= 0.3 is 0 Å². The Labute approximate surface area is 138 Å². The van der Waals surface area contributed by atoms with Crippen molar-refractivity contribution in [1.82, 2.24) is 0 Å². The molecule has 0 aromatic rings. The zero-order valence-electron chi connectivity index (χ0n) is 14.6. The van der Waals surface area contributed by atoms with Crippen LogP contribution in [-0.4, -0.2) is 49.2 Å². The minimum Gasteiger partial charge on any atom is -0.392 e. The van der Waals surface area contributed by atoms with Crippen LogP contribution in [0.1, 0.15) is 46.5 Å². The van der Waals surface area contributed by atoms with Gasteiger partial charge in [-0.05, 0) is 46.0 Å². The van der Waals surface area contributed by atoms with E-state index in [0.717, 1.165) is 31.3 Å². The van der Waals surface area contributed by atoms with Gasteiger partial charge in [-0.3, -0.25) is 0 Å². The molecule has 3 aliphatic rings. The fourth-order valence-corrected chi connectivity index (χ4v) is 4.47. The molecule has 2 saturated heterocycles. The van der Waals surface area contributed by atoms with Gasteiger partial charge in [0.2, 0.25) is 0 Å². The Kier molecular flexibility index (Phi) is 4.62. The summed E-state index contributed by atoms with van der Waals surface area (Å²) in [5.74, 6) is -1.03. The van der Waals surface area contributed by atoms with Crippen LogP contribution in [0.3, 0.4) is 0 Å². The predicted octanol–water partition coefficient (Wildman–Crippen LogP) is 2.63. The molecule has 5 heteroatoms. The fraction of sp³-hybridized carbons (Fsp3) is 0.889. The van der Waals surface area contributed by atoms with Gasteiger partial charge in [0.1, 0.15) is 0 Å². The molecule has 0 aromatic carbocycles. The smallest absolute Gasteiger partial charge is 0.173 e. The lowest BCUT2D eigenvalue weighted by atomic mass is 9.71. The van der Waals surface area contributed by atoms with Crippen LogP contribution in [-0.2, 0) is 18.9 Å². The van der Waals surface area contributed by atoms with Crippen LogP contribution in [0.2, 0.25) is 0 Å². The number of hydrogen-bond acceptors (Lipinski definition) is 5. The highest BCUT2D eigenvalue weighted by atomic mass is 16.7. The second-order valence-electron chi connectivity index (χ2n) is 7.63. The first kappa shape index (κ1) is 17.4. The van der Waals surface area contributed by atoms with E-state index < -0.39 is 23.1 Å². The molecule has 1 N–H and O–H groups in total. The summed E-state index contributed by atoms with van der Waals surface area (Å²) in [6.45, 7) is 12.5. The third kappa shape index (κ3) is 2.98. The van der Waals surface area contributed by atoms with Crippen molar-refractivity contribution >= 4 is 0 Å². The average Bonchev–Trinajstić information content (AvgIpc) is 3.18. The molecule has 0 unspecified atom stereocenters. The van der Waals surface area contributed by atoms with Crippen molar-refractivity contribution in [2.45, 2.75) is 64.1 Å². The van der Waals surface area contributed by atoms with Gasteiger partial charge in [-0.1, -0.05) is 12.2 Å². The maximum Gasteiger partial charge on any atom is 0.173 e. The van der Waals surface area contributed by atoms with Gasteiger partial charge in [-0.15, -0.1) is 0 Å². The lowest BCUT2D eigenvalue weighted by Gasteiger charge is -2.45. The zero-order valence-corrected chi connectivity index (χ0v) is 14.6. The van der Waals surface area contributed by atoms with E-state index in [1.54, 1.807) is 0 Å². The van der Waals surface area contributed by atoms with Crippen LogP contribution in [0.25, 0.3) is 0 Å². The van der Waals surface area contributed by atoms with Crippen molar-refractivity contribution < 1.29 is 24.1 Å². The van der Waals surface area contributed by atoms with Gasteiger partial charge in [-0.25, -0.2) is 0 Å². The van der Waals surface area contributed by atoms with Crippen LogP contribution in [0.4, 0.5) is 0 Å². The summed E-state index contributed by atoms with van der Waals surface area (Å²) in [5, 5.41) is 11.0. The van der Waals surface area contributed by atoms with Gasteiger partial charge in [0.05, 0.1) is 37.9 Å². The quantitative estimate of drug-likeness (QED) is 0.787. The number of allylic oxidation sites excluding steroid dienone is 1. The maximum atomic E-state index is 11.0. The Morgan fingerprint density at radius 2 is 1.61 bits per heavy atom. The van der Waals surface area contributed by atoms with Crippen molar-refractivity contribution in [3.05, 3.63) is 12.2 Å². The molecule has 0 spiro atoms. The second kappa shape index (κ2) is 6.12. The molecule has 3 atom stereocenters. The summed E-state index contributed by atoms with van der Waals surface area (Å²) in [6, 6.07) is 0. The van der Waals surface area contributed by atoms with Crippen LogP contribution in [0, 0.1) is 11.3 Å². The van der Waals surface area contributed by atoms with Crippen LogP contribution >= 0.6 is 0 Å². The monoisotopic (exact) mass is 326 g/mol. The molecule has 1 saturated carbocycles. The summed E-state index contributed by atoms with van der Waals surface area (Å²) in [7, 11) is 0. The van der Waals surface area contributed by atoms with Crippen molar-refractivity contribution in [2.24, 2.45) is 11.3 Å². The number of aliphatic hydroxyl groups is 1. The van der Waals surface area contributed by atoms with Crippen molar-refractivity contribution in [3.63, 3.8) is 0 Å². The maximum absolute atomic E-state index is 11.0. The van der Waals surface area contributed by atoms with Crippen molar-refractivity contribution in [1.29, 1.82) is 0 Å². The van der Waals surface area contributed by atoms with Crippen molar-refractivity contribution in [2.75, 3.05) is 26.4 Å². The second-order valence-corrected chi connectivity index (χ2v) is 7.63. The average molecular weight is 326 g/mol. The topological polar surface area (TPSA) is 57.2 Å². The molecule has 3 rings (SSSR count). The standard InChI is InChI=1S/C18H30O5/c1-13(2)14-11-15(19)18(12-14,17(4)22-9-10-23-17)6-5-16(3)20-7-8-21-16/h14-15,19H,1,5-12H2,2-4H3/t14-,15-,18-/m1/s1. The first-order valence-corrected chi connectivity index (χ1v) is 8.70. The molecule has 1 aliphatic carbocycles. The number of rotatable bonds is 5. The molecule has 132 valence electrons. The fourth-order valence-electron chi connectivity index (χ4n) is 4.47. The summed E-state index contributed by atoms with van der Waals surface area (Å²) in [5.41, 5.74) is 0.665. The Morgan fingerprint density at radius 3 is 2.13 bits per heavy atom. The van der Waals surface area contributed by atoms with Crippen LogP contribution < -0.4 is 0 Å². The molecule has 2 heterocycles. The molecular formula is C18H30O5. The molecule has 5 nitrogen and oxygen atoms in total. The van der Waals surface area contributed by atoms with Gasteiger partial charge in [0, 0.05) is 6.42 Å².